The summed E-state index contributed by atoms with van der Waals surface area (Å²) in [5.74, 6) is 2.66. The number of rotatable bonds is 11. The number of amides is 1. The van der Waals surface area contributed by atoms with Gasteiger partial charge in [0.2, 0.25) is 5.91 Å². The monoisotopic (exact) mass is 533 g/mol. The van der Waals surface area contributed by atoms with E-state index in [9.17, 15) is 4.79 Å². The molecule has 8 heteroatoms. The maximum atomic E-state index is 12.1. The number of carbonyl (C=O) groups is 1. The number of aromatic nitrogens is 1. The molecule has 0 radical (unpaired) electrons. The van der Waals surface area contributed by atoms with Gasteiger partial charge < -0.3 is 20.5 Å². The minimum atomic E-state index is 0. The fourth-order valence-corrected chi connectivity index (χ4v) is 3.91. The van der Waals surface area contributed by atoms with Crippen molar-refractivity contribution in [2.24, 2.45) is 10.9 Å². The van der Waals surface area contributed by atoms with Gasteiger partial charge in [-0.05, 0) is 38.5 Å². The van der Waals surface area contributed by atoms with E-state index in [0.717, 1.165) is 36.8 Å². The molecule has 7 nitrogen and oxygen atoms in total. The molecule has 0 spiro atoms. The topological polar surface area (TPSA) is 91.6 Å². The Labute approximate surface area is 198 Å². The molecule has 1 aromatic rings. The van der Waals surface area contributed by atoms with Gasteiger partial charge >= 0.3 is 0 Å². The lowest BCUT2D eigenvalue weighted by Crippen LogP contribution is -2.41. The molecule has 0 saturated heterocycles. The normalized spacial score (nSPS) is 15.0. The maximum Gasteiger partial charge on any atom is 0.220 e. The average Bonchev–Trinajstić information content (AvgIpc) is 3.19. The van der Waals surface area contributed by atoms with Gasteiger partial charge in [0.1, 0.15) is 6.54 Å². The van der Waals surface area contributed by atoms with E-state index in [1.54, 1.807) is 0 Å². The van der Waals surface area contributed by atoms with Crippen LogP contribution in [0.3, 0.4) is 0 Å². The number of nitrogens with one attached hydrogen (secondary N) is 3. The van der Waals surface area contributed by atoms with E-state index in [1.165, 1.54) is 32.1 Å². The van der Waals surface area contributed by atoms with E-state index in [2.05, 4.69) is 39.9 Å². The highest BCUT2D eigenvalue weighted by Crippen LogP contribution is 2.26. The van der Waals surface area contributed by atoms with Crippen LogP contribution in [0.5, 0.6) is 0 Å². The van der Waals surface area contributed by atoms with E-state index in [4.69, 9.17) is 4.52 Å². The summed E-state index contributed by atoms with van der Waals surface area (Å²) in [6.07, 6.45) is 9.04. The number of hydrogen-bond acceptors (Lipinski definition) is 4. The van der Waals surface area contributed by atoms with Crippen LogP contribution in [0, 0.1) is 5.92 Å². The number of aliphatic imine (C=N–C) groups is 1. The fraction of sp³-hybridized carbons (Fsp3) is 0.773. The van der Waals surface area contributed by atoms with Gasteiger partial charge in [-0.15, -0.1) is 24.0 Å². The van der Waals surface area contributed by atoms with Crippen LogP contribution in [0.1, 0.15) is 89.5 Å². The third-order valence-corrected chi connectivity index (χ3v) is 5.66. The van der Waals surface area contributed by atoms with Gasteiger partial charge in [0.15, 0.2) is 11.7 Å². The van der Waals surface area contributed by atoms with E-state index < -0.39 is 0 Å². The van der Waals surface area contributed by atoms with Crippen molar-refractivity contribution >= 4 is 35.8 Å². The molecule has 1 aromatic heterocycles. The molecule has 0 aromatic carbocycles. The molecule has 0 bridgehead atoms. The van der Waals surface area contributed by atoms with Crippen molar-refractivity contribution in [2.75, 3.05) is 19.6 Å². The van der Waals surface area contributed by atoms with Gasteiger partial charge in [-0.1, -0.05) is 38.3 Å². The predicted octanol–water partition coefficient (Wildman–Crippen LogP) is 4.34. The Balaban J connectivity index is 0.00000450. The predicted molar refractivity (Wildman–Crippen MR) is 132 cm³/mol. The van der Waals surface area contributed by atoms with Crippen molar-refractivity contribution in [1.29, 1.82) is 0 Å². The summed E-state index contributed by atoms with van der Waals surface area (Å²) in [5.41, 5.74) is 1.01. The summed E-state index contributed by atoms with van der Waals surface area (Å²) >= 11 is 0. The Morgan fingerprint density at radius 1 is 1.13 bits per heavy atom. The number of halogens is 1. The molecule has 2 rings (SSSR count). The Morgan fingerprint density at radius 3 is 2.50 bits per heavy atom. The van der Waals surface area contributed by atoms with E-state index in [0.29, 0.717) is 37.9 Å². The largest absolute Gasteiger partial charge is 0.359 e. The van der Waals surface area contributed by atoms with Gasteiger partial charge in [0.05, 0.1) is 5.69 Å². The Morgan fingerprint density at radius 2 is 1.83 bits per heavy atom. The smallest absolute Gasteiger partial charge is 0.220 e. The van der Waals surface area contributed by atoms with Gasteiger partial charge in [-0.2, -0.15) is 0 Å². The average molecular weight is 533 g/mol. The van der Waals surface area contributed by atoms with Gasteiger partial charge in [0.25, 0.3) is 0 Å². The van der Waals surface area contributed by atoms with Crippen LogP contribution in [0.25, 0.3) is 0 Å². The molecule has 1 fully saturated rings. The molecule has 1 amide bonds. The van der Waals surface area contributed by atoms with Gasteiger partial charge in [-0.25, -0.2) is 4.99 Å². The molecule has 3 N–H and O–H groups in total. The summed E-state index contributed by atoms with van der Waals surface area (Å²) in [5, 5.41) is 13.7. The highest BCUT2D eigenvalue weighted by molar-refractivity contribution is 14.0. The second kappa shape index (κ2) is 15.5. The van der Waals surface area contributed by atoms with Gasteiger partial charge in [-0.3, -0.25) is 4.79 Å². The lowest BCUT2D eigenvalue weighted by Gasteiger charge is -2.20. The zero-order valence-corrected chi connectivity index (χ0v) is 21.2. The minimum Gasteiger partial charge on any atom is -0.359 e. The van der Waals surface area contributed by atoms with Crippen LogP contribution in [-0.2, 0) is 11.3 Å². The highest BCUT2D eigenvalue weighted by atomic mass is 127. The quantitative estimate of drug-likeness (QED) is 0.170. The molecule has 1 aliphatic rings. The lowest BCUT2D eigenvalue weighted by atomic mass is 9.87. The van der Waals surface area contributed by atoms with E-state index >= 15 is 0 Å². The molecule has 30 heavy (non-hydrogen) atoms. The summed E-state index contributed by atoms with van der Waals surface area (Å²) in [6, 6.07) is 2.01. The molecule has 0 aliphatic heterocycles. The van der Waals surface area contributed by atoms with Crippen molar-refractivity contribution in [3.05, 3.63) is 17.5 Å². The van der Waals surface area contributed by atoms with Crippen molar-refractivity contribution in [1.82, 2.24) is 21.1 Å². The van der Waals surface area contributed by atoms with Crippen molar-refractivity contribution in [3.63, 3.8) is 0 Å². The van der Waals surface area contributed by atoms with Crippen LogP contribution in [0.2, 0.25) is 0 Å². The SMILES string of the molecule is CCNC(=NCc1cc(C(CC)CC)no1)NCCNC(=O)CC1CCCCC1.I. The zero-order valence-electron chi connectivity index (χ0n) is 18.8. The summed E-state index contributed by atoms with van der Waals surface area (Å²) in [6.45, 7) is 8.81. The zero-order chi connectivity index (χ0) is 20.9. The van der Waals surface area contributed by atoms with Crippen molar-refractivity contribution < 1.29 is 9.32 Å². The molecule has 0 atom stereocenters. The first kappa shape index (κ1) is 26.7. The first-order valence-corrected chi connectivity index (χ1v) is 11.4. The third kappa shape index (κ3) is 9.66. The first-order valence-electron chi connectivity index (χ1n) is 11.4. The van der Waals surface area contributed by atoms with Crippen LogP contribution >= 0.6 is 24.0 Å². The molecule has 172 valence electrons. The number of nitrogens with zero attached hydrogens (tertiary/aromatic N) is 2. The van der Waals surface area contributed by atoms with Crippen LogP contribution in [0.15, 0.2) is 15.6 Å². The number of hydrogen-bond donors (Lipinski definition) is 3. The van der Waals surface area contributed by atoms with Crippen LogP contribution in [0.4, 0.5) is 0 Å². The highest BCUT2D eigenvalue weighted by Gasteiger charge is 2.16. The van der Waals surface area contributed by atoms with Crippen LogP contribution in [-0.4, -0.2) is 36.7 Å². The second-order valence-electron chi connectivity index (χ2n) is 7.91. The Bertz CT molecular complexity index is 625. The van der Waals surface area contributed by atoms with Crippen LogP contribution < -0.4 is 16.0 Å². The fourth-order valence-electron chi connectivity index (χ4n) is 3.91. The minimum absolute atomic E-state index is 0. The number of carbonyl (C=O) groups excluding carboxylic acids is 1. The van der Waals surface area contributed by atoms with Gasteiger partial charge in [0, 0.05) is 38.0 Å². The van der Waals surface area contributed by atoms with Crippen molar-refractivity contribution in [2.45, 2.75) is 84.6 Å². The maximum absolute atomic E-state index is 12.1. The summed E-state index contributed by atoms with van der Waals surface area (Å²) in [4.78, 5) is 16.7. The number of guanidine groups is 1. The lowest BCUT2D eigenvalue weighted by molar-refractivity contribution is -0.122. The Kier molecular flexibility index (Phi) is 13.8. The van der Waals surface area contributed by atoms with E-state index in [1.807, 2.05) is 13.0 Å². The molecule has 0 unspecified atom stereocenters. The summed E-state index contributed by atoms with van der Waals surface area (Å²) < 4.78 is 5.44. The first-order chi connectivity index (χ1) is 14.2. The van der Waals surface area contributed by atoms with E-state index in [-0.39, 0.29) is 29.9 Å². The molecular formula is C22H40IN5O2. The molecule has 1 heterocycles. The third-order valence-electron chi connectivity index (χ3n) is 5.66. The summed E-state index contributed by atoms with van der Waals surface area (Å²) in [7, 11) is 0. The van der Waals surface area contributed by atoms with Crippen molar-refractivity contribution in [3.8, 4) is 0 Å². The molecule has 1 saturated carbocycles. The second-order valence-corrected chi connectivity index (χ2v) is 7.91. The molecule has 1 aliphatic carbocycles. The standard InChI is InChI=1S/C22H39N5O2.HI/c1-4-18(5-2)20-15-19(29-27-20)16-26-22(23-6-3)25-13-12-24-21(28)14-17-10-8-7-9-11-17;/h15,17-18H,4-14,16H2,1-3H3,(H,24,28)(H2,23,25,26);1H. The molecular weight excluding hydrogens is 493 g/mol. The Hall–Kier alpha value is -1.32.